The zero-order chi connectivity index (χ0) is 29.6. The summed E-state index contributed by atoms with van der Waals surface area (Å²) >= 11 is 1.43. The Balaban J connectivity index is 1.35. The van der Waals surface area contributed by atoms with Crippen LogP contribution in [0, 0.1) is 12.8 Å². The van der Waals surface area contributed by atoms with Crippen molar-refractivity contribution in [1.82, 2.24) is 0 Å². The molecule has 5 rings (SSSR count). The van der Waals surface area contributed by atoms with Gasteiger partial charge in [-0.3, -0.25) is 14.4 Å². The molecule has 0 radical (unpaired) electrons. The summed E-state index contributed by atoms with van der Waals surface area (Å²) in [4.78, 5) is 41.9. The van der Waals surface area contributed by atoms with E-state index in [1.165, 1.54) is 22.9 Å². The largest absolute Gasteiger partial charge is 0.426 e. The summed E-state index contributed by atoms with van der Waals surface area (Å²) in [6, 6.07) is 26.7. The summed E-state index contributed by atoms with van der Waals surface area (Å²) < 4.78 is 5.65. The molecule has 0 aromatic heterocycles. The number of carbonyl (C=O) groups excluding carboxylic acids is 3. The molecule has 0 saturated heterocycles. The van der Waals surface area contributed by atoms with Crippen molar-refractivity contribution < 1.29 is 19.1 Å². The fourth-order valence-corrected chi connectivity index (χ4v) is 6.55. The quantitative estimate of drug-likeness (QED) is 0.116. The van der Waals surface area contributed by atoms with Gasteiger partial charge in [0.05, 0.1) is 5.92 Å². The Labute approximate surface area is 252 Å². The molecule has 5 heteroatoms. The lowest BCUT2D eigenvalue weighted by Gasteiger charge is -2.22. The molecule has 0 bridgehead atoms. The second-order valence-corrected chi connectivity index (χ2v) is 12.0. The summed E-state index contributed by atoms with van der Waals surface area (Å²) in [5, 5.41) is 0. The molecule has 0 aliphatic heterocycles. The van der Waals surface area contributed by atoms with Gasteiger partial charge in [0.2, 0.25) is 0 Å². The number of fused-ring (bicyclic) bond motifs is 2. The normalized spacial score (nSPS) is 12.9. The first-order valence-electron chi connectivity index (χ1n) is 14.8. The molecule has 0 heterocycles. The summed E-state index contributed by atoms with van der Waals surface area (Å²) in [6.07, 6.45) is 5.14. The van der Waals surface area contributed by atoms with Gasteiger partial charge in [-0.05, 0) is 79.6 Å². The molecule has 0 fully saturated rings. The first-order chi connectivity index (χ1) is 20.4. The van der Waals surface area contributed by atoms with E-state index in [9.17, 15) is 14.4 Å². The highest BCUT2D eigenvalue weighted by atomic mass is 32.2. The monoisotopic (exact) mass is 576 g/mol. The van der Waals surface area contributed by atoms with Crippen LogP contribution in [0.3, 0.4) is 0 Å². The van der Waals surface area contributed by atoms with Crippen LogP contribution in [0.25, 0.3) is 0 Å². The van der Waals surface area contributed by atoms with Crippen LogP contribution in [0.2, 0.25) is 0 Å². The van der Waals surface area contributed by atoms with E-state index in [-0.39, 0.29) is 23.5 Å². The number of unbranched alkanes of at least 4 members (excludes halogenated alkanes) is 1. The SMILES string of the molecule is CCCCC(CC)C(=O)Oc1ccc(Sc2cccc3c2C(=O)c2cccc(CCc4ccccc4C)c2C3=O)cc1. The molecule has 214 valence electrons. The van der Waals surface area contributed by atoms with Crippen LogP contribution in [0.5, 0.6) is 5.75 Å². The molecular weight excluding hydrogens is 540 g/mol. The van der Waals surface area contributed by atoms with Crippen molar-refractivity contribution >= 4 is 29.3 Å². The van der Waals surface area contributed by atoms with Crippen LogP contribution >= 0.6 is 11.8 Å². The Bertz CT molecular complexity index is 1620. The summed E-state index contributed by atoms with van der Waals surface area (Å²) in [5.41, 5.74) is 5.27. The molecule has 1 atom stereocenters. The minimum Gasteiger partial charge on any atom is -0.426 e. The van der Waals surface area contributed by atoms with Crippen LogP contribution in [-0.2, 0) is 17.6 Å². The zero-order valence-corrected chi connectivity index (χ0v) is 25.3. The number of ketones is 2. The van der Waals surface area contributed by atoms with Gasteiger partial charge in [-0.1, -0.05) is 93.0 Å². The third kappa shape index (κ3) is 6.27. The molecule has 1 aliphatic carbocycles. The fraction of sp³-hybridized carbons (Fsp3) is 0.270. The maximum absolute atomic E-state index is 13.9. The van der Waals surface area contributed by atoms with Crippen LogP contribution in [0.15, 0.2) is 94.7 Å². The van der Waals surface area contributed by atoms with E-state index in [1.807, 2.05) is 55.5 Å². The minimum atomic E-state index is -0.190. The Kier molecular flexibility index (Phi) is 9.38. The smallest absolute Gasteiger partial charge is 0.314 e. The molecule has 0 N–H and O–H groups in total. The van der Waals surface area contributed by atoms with Gasteiger partial charge in [-0.15, -0.1) is 0 Å². The van der Waals surface area contributed by atoms with Crippen molar-refractivity contribution in [3.05, 3.63) is 124 Å². The van der Waals surface area contributed by atoms with Crippen LogP contribution in [0.4, 0.5) is 0 Å². The third-order valence-corrected chi connectivity index (χ3v) is 9.12. The van der Waals surface area contributed by atoms with Gasteiger partial charge in [0.1, 0.15) is 5.75 Å². The molecule has 1 aliphatic rings. The number of ether oxygens (including phenoxy) is 1. The third-order valence-electron chi connectivity index (χ3n) is 8.05. The number of hydrogen-bond acceptors (Lipinski definition) is 5. The highest BCUT2D eigenvalue weighted by Gasteiger charge is 2.33. The summed E-state index contributed by atoms with van der Waals surface area (Å²) in [7, 11) is 0. The maximum atomic E-state index is 13.9. The average molecular weight is 577 g/mol. The predicted molar refractivity (Wildman–Crippen MR) is 168 cm³/mol. The number of aryl methyl sites for hydroxylation is 3. The standard InChI is InChI=1S/C37H36O4S/c1-4-6-12-25(5-2)37(40)41-28-20-22-29(23-21-28)42-32-17-10-16-31-34(32)36(39)30-15-9-14-27(33(30)35(31)38)19-18-26-13-8-7-11-24(26)3/h7-11,13-17,20-23,25H,4-6,12,18-19H2,1-3H3. The van der Waals surface area contributed by atoms with Gasteiger partial charge in [0, 0.05) is 32.0 Å². The molecule has 4 nitrogen and oxygen atoms in total. The lowest BCUT2D eigenvalue weighted by atomic mass is 9.80. The Morgan fingerprint density at radius 3 is 2.12 bits per heavy atom. The lowest BCUT2D eigenvalue weighted by molar-refractivity contribution is -0.139. The van der Waals surface area contributed by atoms with E-state index in [2.05, 4.69) is 26.0 Å². The van der Waals surface area contributed by atoms with Gasteiger partial charge < -0.3 is 4.74 Å². The maximum Gasteiger partial charge on any atom is 0.314 e. The second-order valence-electron chi connectivity index (χ2n) is 10.8. The molecule has 4 aromatic rings. The first kappa shape index (κ1) is 29.5. The van der Waals surface area contributed by atoms with Crippen molar-refractivity contribution in [2.24, 2.45) is 5.92 Å². The number of rotatable bonds is 11. The predicted octanol–water partition coefficient (Wildman–Crippen LogP) is 8.83. The van der Waals surface area contributed by atoms with Crippen molar-refractivity contribution in [2.75, 3.05) is 0 Å². The highest BCUT2D eigenvalue weighted by molar-refractivity contribution is 7.99. The number of benzene rings is 4. The van der Waals surface area contributed by atoms with Crippen LogP contribution in [0.1, 0.15) is 88.1 Å². The Hall–Kier alpha value is -3.96. The topological polar surface area (TPSA) is 60.4 Å². The minimum absolute atomic E-state index is 0.0933. The lowest BCUT2D eigenvalue weighted by Crippen LogP contribution is -2.23. The van der Waals surface area contributed by atoms with E-state index in [0.29, 0.717) is 34.4 Å². The molecule has 4 aromatic carbocycles. The van der Waals surface area contributed by atoms with Gasteiger partial charge in [0.15, 0.2) is 11.6 Å². The fourth-order valence-electron chi connectivity index (χ4n) is 5.58. The molecule has 0 amide bonds. The molecule has 1 unspecified atom stereocenters. The van der Waals surface area contributed by atoms with Gasteiger partial charge in [-0.25, -0.2) is 0 Å². The van der Waals surface area contributed by atoms with E-state index >= 15 is 0 Å². The van der Waals surface area contributed by atoms with Crippen molar-refractivity contribution in [3.8, 4) is 5.75 Å². The van der Waals surface area contributed by atoms with Crippen LogP contribution < -0.4 is 4.74 Å². The zero-order valence-electron chi connectivity index (χ0n) is 24.4. The second kappa shape index (κ2) is 13.3. The van der Waals surface area contributed by atoms with Crippen molar-refractivity contribution in [2.45, 2.75) is 69.1 Å². The van der Waals surface area contributed by atoms with Gasteiger partial charge >= 0.3 is 5.97 Å². The highest BCUT2D eigenvalue weighted by Crippen LogP contribution is 2.38. The van der Waals surface area contributed by atoms with Crippen molar-refractivity contribution in [1.29, 1.82) is 0 Å². The molecule has 42 heavy (non-hydrogen) atoms. The van der Waals surface area contributed by atoms with Gasteiger partial charge in [0.25, 0.3) is 0 Å². The first-order valence-corrected chi connectivity index (χ1v) is 15.6. The van der Waals surface area contributed by atoms with E-state index in [4.69, 9.17) is 4.74 Å². The average Bonchev–Trinajstić information content (AvgIpc) is 3.00. The molecule has 0 spiro atoms. The Morgan fingerprint density at radius 2 is 1.40 bits per heavy atom. The van der Waals surface area contributed by atoms with Crippen LogP contribution in [-0.4, -0.2) is 17.5 Å². The Morgan fingerprint density at radius 1 is 0.762 bits per heavy atom. The van der Waals surface area contributed by atoms with Gasteiger partial charge in [-0.2, -0.15) is 0 Å². The summed E-state index contributed by atoms with van der Waals surface area (Å²) in [6.45, 7) is 6.22. The summed E-state index contributed by atoms with van der Waals surface area (Å²) in [5.74, 6) is 0.00323. The van der Waals surface area contributed by atoms with E-state index in [1.54, 1.807) is 24.3 Å². The van der Waals surface area contributed by atoms with Crippen molar-refractivity contribution in [3.63, 3.8) is 0 Å². The molecule has 0 saturated carbocycles. The number of hydrogen-bond donors (Lipinski definition) is 0. The molecular formula is C37H36O4S. The number of carbonyl (C=O) groups is 3. The number of esters is 1. The van der Waals surface area contributed by atoms with E-state index < -0.39 is 0 Å². The van der Waals surface area contributed by atoms with E-state index in [0.717, 1.165) is 47.5 Å².